The van der Waals surface area contributed by atoms with E-state index in [1.165, 1.54) is 11.1 Å². The van der Waals surface area contributed by atoms with Crippen LogP contribution in [0.2, 0.25) is 0 Å². The molecule has 1 aliphatic rings. The Morgan fingerprint density at radius 1 is 1.24 bits per heavy atom. The van der Waals surface area contributed by atoms with Crippen molar-refractivity contribution in [1.29, 1.82) is 0 Å². The van der Waals surface area contributed by atoms with Crippen LogP contribution in [0.1, 0.15) is 39.4 Å². The largest absolute Gasteiger partial charge is 0.333 e. The lowest BCUT2D eigenvalue weighted by atomic mass is 9.92. The maximum absolute atomic E-state index is 4.85. The first-order valence-corrected chi connectivity index (χ1v) is 8.58. The summed E-state index contributed by atoms with van der Waals surface area (Å²) in [5, 5.41) is 4.33. The molecule has 1 aromatic carbocycles. The number of benzene rings is 1. The van der Waals surface area contributed by atoms with E-state index in [2.05, 4.69) is 37.6 Å². The molecule has 2 aromatic rings. The van der Waals surface area contributed by atoms with Gasteiger partial charge < -0.3 is 5.32 Å². The quantitative estimate of drug-likeness (QED) is 0.569. The molecule has 25 heavy (non-hydrogen) atoms. The van der Waals surface area contributed by atoms with Crippen molar-refractivity contribution in [1.82, 2.24) is 9.97 Å². The zero-order valence-electron chi connectivity index (χ0n) is 15.1. The van der Waals surface area contributed by atoms with Crippen LogP contribution >= 0.6 is 0 Å². The molecule has 0 amide bonds. The molecule has 0 unspecified atom stereocenters. The van der Waals surface area contributed by atoms with E-state index in [-0.39, 0.29) is 0 Å². The molecule has 0 atom stereocenters. The van der Waals surface area contributed by atoms with Gasteiger partial charge in [-0.2, -0.15) is 0 Å². The number of allylic oxidation sites excluding steroid dienone is 6. The summed E-state index contributed by atoms with van der Waals surface area (Å²) in [6.45, 7) is 10.0. The fourth-order valence-electron chi connectivity index (χ4n) is 3.16. The van der Waals surface area contributed by atoms with Gasteiger partial charge in [0.1, 0.15) is 5.82 Å². The molecule has 0 radical (unpaired) electrons. The normalized spacial score (nSPS) is 14.6. The van der Waals surface area contributed by atoms with Gasteiger partial charge in [0, 0.05) is 11.0 Å². The molecule has 1 N–H and O–H groups in total. The van der Waals surface area contributed by atoms with Crippen molar-refractivity contribution in [2.24, 2.45) is 0 Å². The minimum Gasteiger partial charge on any atom is -0.333 e. The van der Waals surface area contributed by atoms with Gasteiger partial charge in [-0.25, -0.2) is 9.97 Å². The highest BCUT2D eigenvalue weighted by atomic mass is 15.0. The summed E-state index contributed by atoms with van der Waals surface area (Å²) in [5.74, 6) is 1.56. The van der Waals surface area contributed by atoms with Crippen molar-refractivity contribution in [2.45, 2.75) is 33.6 Å². The van der Waals surface area contributed by atoms with Gasteiger partial charge in [-0.1, -0.05) is 36.4 Å². The molecule has 126 valence electrons. The Morgan fingerprint density at radius 2 is 2.04 bits per heavy atom. The van der Waals surface area contributed by atoms with Crippen LogP contribution in [0.15, 0.2) is 71.6 Å². The first-order chi connectivity index (χ1) is 12.1. The zero-order valence-corrected chi connectivity index (χ0v) is 15.1. The third-order valence-corrected chi connectivity index (χ3v) is 4.39. The second kappa shape index (κ2) is 7.33. The van der Waals surface area contributed by atoms with Gasteiger partial charge in [-0.3, -0.25) is 0 Å². The Hall–Kier alpha value is -2.90. The summed E-state index contributed by atoms with van der Waals surface area (Å²) in [6.07, 6.45) is 8.29. The Balaban J connectivity index is 2.19. The van der Waals surface area contributed by atoms with Gasteiger partial charge >= 0.3 is 0 Å². The highest BCUT2D eigenvalue weighted by Gasteiger charge is 2.17. The third-order valence-electron chi connectivity index (χ3n) is 4.39. The van der Waals surface area contributed by atoms with Crippen LogP contribution in [0.3, 0.4) is 0 Å². The number of hydrogen-bond donors (Lipinski definition) is 1. The number of rotatable bonds is 4. The summed E-state index contributed by atoms with van der Waals surface area (Å²) in [5.41, 5.74) is 8.39. The van der Waals surface area contributed by atoms with Gasteiger partial charge in [-0.15, -0.1) is 5.73 Å². The Kier molecular flexibility index (Phi) is 4.97. The third kappa shape index (κ3) is 3.47. The fraction of sp³-hybridized carbons (Fsp3) is 0.227. The Morgan fingerprint density at radius 3 is 2.76 bits per heavy atom. The Labute approximate surface area is 149 Å². The molecule has 3 rings (SSSR count). The van der Waals surface area contributed by atoms with Crippen molar-refractivity contribution in [3.8, 4) is 0 Å². The molecule has 1 aromatic heterocycles. The molecular formula is C22H23N3. The van der Waals surface area contributed by atoms with Crippen LogP contribution in [0.4, 0.5) is 5.82 Å². The van der Waals surface area contributed by atoms with E-state index in [0.29, 0.717) is 0 Å². The molecule has 1 aliphatic carbocycles. The second-order valence-electron chi connectivity index (χ2n) is 6.21. The molecular weight excluding hydrogens is 306 g/mol. The average Bonchev–Trinajstić information content (AvgIpc) is 2.61. The topological polar surface area (TPSA) is 37.8 Å². The van der Waals surface area contributed by atoms with Crippen molar-refractivity contribution < 1.29 is 0 Å². The van der Waals surface area contributed by atoms with Crippen molar-refractivity contribution in [3.63, 3.8) is 0 Å². The summed E-state index contributed by atoms with van der Waals surface area (Å²) in [4.78, 5) is 9.68. The molecule has 0 fully saturated rings. The second-order valence-corrected chi connectivity index (χ2v) is 6.21. The lowest BCUT2D eigenvalue weighted by Crippen LogP contribution is -2.06. The minimum absolute atomic E-state index is 0.774. The van der Waals surface area contributed by atoms with E-state index in [1.54, 1.807) is 0 Å². The smallest absolute Gasteiger partial charge is 0.162 e. The number of hydrogen-bond acceptors (Lipinski definition) is 3. The molecule has 0 saturated carbocycles. The predicted octanol–water partition coefficient (Wildman–Crippen LogP) is 5.80. The number of para-hydroxylation sites is 1. The van der Waals surface area contributed by atoms with E-state index in [4.69, 9.17) is 9.97 Å². The number of nitrogens with zero attached hydrogens (tertiary/aromatic N) is 2. The molecule has 3 nitrogen and oxygen atoms in total. The molecule has 0 saturated heterocycles. The van der Waals surface area contributed by atoms with Crippen LogP contribution < -0.4 is 5.32 Å². The zero-order chi connectivity index (χ0) is 17.8. The maximum atomic E-state index is 4.85. The van der Waals surface area contributed by atoms with Gasteiger partial charge in [-0.05, 0) is 57.4 Å². The van der Waals surface area contributed by atoms with Crippen LogP contribution in [-0.2, 0) is 0 Å². The molecule has 1 heterocycles. The van der Waals surface area contributed by atoms with Crippen molar-refractivity contribution in [2.75, 3.05) is 5.32 Å². The monoisotopic (exact) mass is 329 g/mol. The number of aromatic nitrogens is 2. The number of fused-ring (bicyclic) bond motifs is 1. The molecule has 0 spiro atoms. The first kappa shape index (κ1) is 16.9. The highest BCUT2D eigenvalue weighted by molar-refractivity contribution is 5.92. The minimum atomic E-state index is 0.774. The van der Waals surface area contributed by atoms with E-state index >= 15 is 0 Å². The molecule has 0 aliphatic heterocycles. The SMILES string of the molecule is C=C=C(/C=C/C)Nc1nc(C2=C(C)CCC=C2C)nc2ccccc12. The van der Waals surface area contributed by atoms with Crippen molar-refractivity contribution >= 4 is 22.3 Å². The average molecular weight is 329 g/mol. The lowest BCUT2D eigenvalue weighted by molar-refractivity contribution is 0.944. The van der Waals surface area contributed by atoms with Crippen LogP contribution in [-0.4, -0.2) is 9.97 Å². The van der Waals surface area contributed by atoms with E-state index in [9.17, 15) is 0 Å². The molecule has 3 heteroatoms. The standard InChI is InChI=1S/C22H23N3/c1-5-10-17(6-2)23-21-18-13-7-8-14-19(18)24-22(25-21)20-15(3)11-9-12-16(20)4/h5,7-8,10-11,13-14H,2,9,12H2,1,3-4H3,(H,23,24,25)/b10-5+. The van der Waals surface area contributed by atoms with Gasteiger partial charge in [0.25, 0.3) is 0 Å². The van der Waals surface area contributed by atoms with Crippen LogP contribution in [0.25, 0.3) is 16.5 Å². The van der Waals surface area contributed by atoms with Crippen molar-refractivity contribution in [3.05, 3.63) is 77.5 Å². The van der Waals surface area contributed by atoms with E-state index in [0.717, 1.165) is 46.7 Å². The lowest BCUT2D eigenvalue weighted by Gasteiger charge is -2.18. The number of nitrogens with one attached hydrogen (secondary N) is 1. The summed E-state index contributed by atoms with van der Waals surface area (Å²) < 4.78 is 0. The number of anilines is 1. The van der Waals surface area contributed by atoms with E-state index in [1.807, 2.05) is 43.3 Å². The highest BCUT2D eigenvalue weighted by Crippen LogP contribution is 2.33. The summed E-state index contributed by atoms with van der Waals surface area (Å²) in [6, 6.07) is 8.06. The van der Waals surface area contributed by atoms with Crippen LogP contribution in [0, 0.1) is 0 Å². The first-order valence-electron chi connectivity index (χ1n) is 8.58. The van der Waals surface area contributed by atoms with Gasteiger partial charge in [0.15, 0.2) is 5.82 Å². The fourth-order valence-corrected chi connectivity index (χ4v) is 3.16. The van der Waals surface area contributed by atoms with Gasteiger partial charge in [0.05, 0.1) is 11.2 Å². The Bertz CT molecular complexity index is 954. The molecule has 0 bridgehead atoms. The van der Waals surface area contributed by atoms with Crippen LogP contribution in [0.5, 0.6) is 0 Å². The summed E-state index contributed by atoms with van der Waals surface area (Å²) >= 11 is 0. The summed E-state index contributed by atoms with van der Waals surface area (Å²) in [7, 11) is 0. The van der Waals surface area contributed by atoms with E-state index < -0.39 is 0 Å². The predicted molar refractivity (Wildman–Crippen MR) is 106 cm³/mol. The van der Waals surface area contributed by atoms with Gasteiger partial charge in [0.2, 0.25) is 0 Å². The maximum Gasteiger partial charge on any atom is 0.162 e.